The average Bonchev–Trinajstić information content (AvgIpc) is 2.60. The topological polar surface area (TPSA) is 26.0 Å². The Balaban J connectivity index is 2.32. The van der Waals surface area contributed by atoms with Crippen molar-refractivity contribution in [3.8, 4) is 11.3 Å². The van der Waals surface area contributed by atoms with E-state index in [0.717, 1.165) is 28.2 Å². The number of halogens is 1. The van der Waals surface area contributed by atoms with Crippen molar-refractivity contribution in [2.75, 3.05) is 0 Å². The minimum atomic E-state index is 0.550. The Morgan fingerprint density at radius 3 is 2.56 bits per heavy atom. The first-order valence-corrected chi connectivity index (χ1v) is 6.16. The van der Waals surface area contributed by atoms with E-state index in [1.807, 2.05) is 30.3 Å². The monoisotopic (exact) mass is 279 g/mol. The third kappa shape index (κ3) is 2.53. The van der Waals surface area contributed by atoms with Crippen LogP contribution in [-0.2, 0) is 6.42 Å². The highest BCUT2D eigenvalue weighted by Gasteiger charge is 2.13. The van der Waals surface area contributed by atoms with Crippen molar-refractivity contribution < 1.29 is 4.42 Å². The largest absolute Gasteiger partial charge is 0.439 e. The fourth-order valence-electron chi connectivity index (χ4n) is 1.55. The molecule has 0 spiro atoms. The van der Waals surface area contributed by atoms with Crippen molar-refractivity contribution in [2.24, 2.45) is 5.92 Å². The van der Waals surface area contributed by atoms with Crippen molar-refractivity contribution in [3.63, 3.8) is 0 Å². The molecule has 0 bridgehead atoms. The van der Waals surface area contributed by atoms with Gasteiger partial charge in [0.25, 0.3) is 0 Å². The van der Waals surface area contributed by atoms with Crippen LogP contribution in [0.1, 0.15) is 19.7 Å². The molecule has 0 unspecified atom stereocenters. The van der Waals surface area contributed by atoms with Gasteiger partial charge in [0.15, 0.2) is 16.3 Å². The lowest BCUT2D eigenvalue weighted by atomic mass is 10.1. The van der Waals surface area contributed by atoms with Crippen LogP contribution in [0.2, 0.25) is 0 Å². The molecule has 0 saturated carbocycles. The third-order valence-corrected chi connectivity index (χ3v) is 2.79. The van der Waals surface area contributed by atoms with E-state index < -0.39 is 0 Å². The summed E-state index contributed by atoms with van der Waals surface area (Å²) in [7, 11) is 0. The molecule has 2 rings (SSSR count). The highest BCUT2D eigenvalue weighted by Crippen LogP contribution is 2.29. The fourth-order valence-corrected chi connectivity index (χ4v) is 2.05. The van der Waals surface area contributed by atoms with Crippen molar-refractivity contribution in [2.45, 2.75) is 20.3 Å². The van der Waals surface area contributed by atoms with E-state index in [0.29, 0.717) is 5.92 Å². The summed E-state index contributed by atoms with van der Waals surface area (Å²) in [5, 5.41) is 0. The summed E-state index contributed by atoms with van der Waals surface area (Å²) in [4.78, 5) is 4.38. The Kier molecular flexibility index (Phi) is 3.44. The van der Waals surface area contributed by atoms with Gasteiger partial charge in [0.1, 0.15) is 0 Å². The molecule has 3 heteroatoms. The van der Waals surface area contributed by atoms with Crippen molar-refractivity contribution in [1.29, 1.82) is 0 Å². The molecule has 0 aliphatic heterocycles. The number of hydrogen-bond donors (Lipinski definition) is 0. The van der Waals surface area contributed by atoms with E-state index in [4.69, 9.17) is 4.42 Å². The van der Waals surface area contributed by atoms with Gasteiger partial charge in [-0.2, -0.15) is 0 Å². The van der Waals surface area contributed by atoms with Gasteiger partial charge in [0, 0.05) is 12.0 Å². The maximum Gasteiger partial charge on any atom is 0.196 e. The normalized spacial score (nSPS) is 11.0. The highest BCUT2D eigenvalue weighted by molar-refractivity contribution is 9.10. The summed E-state index contributed by atoms with van der Waals surface area (Å²) >= 11 is 3.44. The molecule has 0 radical (unpaired) electrons. The van der Waals surface area contributed by atoms with Gasteiger partial charge < -0.3 is 4.42 Å². The van der Waals surface area contributed by atoms with Crippen LogP contribution in [0.25, 0.3) is 11.3 Å². The number of hydrogen-bond acceptors (Lipinski definition) is 2. The SMILES string of the molecule is CC(C)Cc1nc(Br)c(-c2ccccc2)o1. The molecule has 0 fully saturated rings. The molecule has 0 saturated heterocycles. The number of rotatable bonds is 3. The summed E-state index contributed by atoms with van der Waals surface area (Å²) in [6.45, 7) is 4.31. The van der Waals surface area contributed by atoms with Crippen LogP contribution in [0, 0.1) is 5.92 Å². The number of oxazole rings is 1. The van der Waals surface area contributed by atoms with Gasteiger partial charge >= 0.3 is 0 Å². The predicted octanol–water partition coefficient (Wildman–Crippen LogP) is 4.30. The zero-order valence-electron chi connectivity index (χ0n) is 9.40. The standard InChI is InChI=1S/C13H14BrNO/c1-9(2)8-11-15-13(14)12(16-11)10-6-4-3-5-7-10/h3-7,9H,8H2,1-2H3. The zero-order chi connectivity index (χ0) is 11.5. The molecule has 1 aromatic heterocycles. The van der Waals surface area contributed by atoms with Crippen LogP contribution >= 0.6 is 15.9 Å². The minimum Gasteiger partial charge on any atom is -0.439 e. The molecular formula is C13H14BrNO. The molecule has 16 heavy (non-hydrogen) atoms. The van der Waals surface area contributed by atoms with E-state index in [1.54, 1.807) is 0 Å². The first-order chi connectivity index (χ1) is 7.66. The van der Waals surface area contributed by atoms with Gasteiger partial charge in [-0.25, -0.2) is 4.98 Å². The van der Waals surface area contributed by atoms with E-state index in [9.17, 15) is 0 Å². The number of aromatic nitrogens is 1. The second kappa shape index (κ2) is 4.83. The smallest absolute Gasteiger partial charge is 0.196 e. The van der Waals surface area contributed by atoms with Gasteiger partial charge in [-0.05, 0) is 21.8 Å². The molecule has 2 aromatic rings. The molecular weight excluding hydrogens is 266 g/mol. The molecule has 0 atom stereocenters. The average molecular weight is 280 g/mol. The second-order valence-electron chi connectivity index (χ2n) is 4.19. The third-order valence-electron chi connectivity index (χ3n) is 2.25. The zero-order valence-corrected chi connectivity index (χ0v) is 11.0. The number of nitrogens with zero attached hydrogens (tertiary/aromatic N) is 1. The maximum atomic E-state index is 5.75. The molecule has 0 amide bonds. The Morgan fingerprint density at radius 1 is 1.25 bits per heavy atom. The van der Waals surface area contributed by atoms with Crippen LogP contribution in [0.5, 0.6) is 0 Å². The summed E-state index contributed by atoms with van der Waals surface area (Å²) in [6, 6.07) is 10.0. The molecule has 0 aliphatic rings. The molecule has 0 aliphatic carbocycles. The van der Waals surface area contributed by atoms with Crippen LogP contribution in [0.4, 0.5) is 0 Å². The predicted molar refractivity (Wildman–Crippen MR) is 68.2 cm³/mol. The Morgan fingerprint density at radius 2 is 1.94 bits per heavy atom. The Hall–Kier alpha value is -1.09. The Bertz CT molecular complexity index is 462. The summed E-state index contributed by atoms with van der Waals surface area (Å²) in [6.07, 6.45) is 0.867. The Labute approximate surface area is 104 Å². The lowest BCUT2D eigenvalue weighted by Crippen LogP contribution is -1.93. The van der Waals surface area contributed by atoms with Crippen LogP contribution in [-0.4, -0.2) is 4.98 Å². The molecule has 84 valence electrons. The lowest BCUT2D eigenvalue weighted by Gasteiger charge is -1.98. The summed E-state index contributed by atoms with van der Waals surface area (Å²) < 4.78 is 6.54. The van der Waals surface area contributed by atoms with Gasteiger partial charge in [-0.1, -0.05) is 44.2 Å². The van der Waals surface area contributed by atoms with Crippen molar-refractivity contribution in [3.05, 3.63) is 40.8 Å². The van der Waals surface area contributed by atoms with E-state index in [1.165, 1.54) is 0 Å². The first-order valence-electron chi connectivity index (χ1n) is 5.37. The van der Waals surface area contributed by atoms with Gasteiger partial charge in [-0.3, -0.25) is 0 Å². The minimum absolute atomic E-state index is 0.550. The van der Waals surface area contributed by atoms with Gasteiger partial charge in [0.2, 0.25) is 0 Å². The van der Waals surface area contributed by atoms with Gasteiger partial charge in [0.05, 0.1) is 0 Å². The molecule has 1 heterocycles. The second-order valence-corrected chi connectivity index (χ2v) is 4.94. The molecule has 1 aromatic carbocycles. The quantitative estimate of drug-likeness (QED) is 0.837. The summed E-state index contributed by atoms with van der Waals surface area (Å²) in [5.74, 6) is 2.16. The van der Waals surface area contributed by atoms with Crippen molar-refractivity contribution in [1.82, 2.24) is 4.98 Å². The van der Waals surface area contributed by atoms with Crippen LogP contribution in [0.3, 0.4) is 0 Å². The maximum absolute atomic E-state index is 5.75. The summed E-state index contributed by atoms with van der Waals surface area (Å²) in [5.41, 5.74) is 1.05. The van der Waals surface area contributed by atoms with Crippen molar-refractivity contribution >= 4 is 15.9 Å². The fraction of sp³-hybridized carbons (Fsp3) is 0.308. The highest BCUT2D eigenvalue weighted by atomic mass is 79.9. The lowest BCUT2D eigenvalue weighted by molar-refractivity contribution is 0.466. The molecule has 2 nitrogen and oxygen atoms in total. The first kappa shape index (κ1) is 11.4. The van der Waals surface area contributed by atoms with E-state index in [-0.39, 0.29) is 0 Å². The van der Waals surface area contributed by atoms with Crippen LogP contribution < -0.4 is 0 Å². The molecule has 0 N–H and O–H groups in total. The van der Waals surface area contributed by atoms with E-state index >= 15 is 0 Å². The number of benzene rings is 1. The van der Waals surface area contributed by atoms with Crippen LogP contribution in [0.15, 0.2) is 39.4 Å². The van der Waals surface area contributed by atoms with Gasteiger partial charge in [-0.15, -0.1) is 0 Å². The van der Waals surface area contributed by atoms with E-state index in [2.05, 4.69) is 34.8 Å².